The van der Waals surface area contributed by atoms with Gasteiger partial charge in [0, 0.05) is 30.0 Å². The minimum Gasteiger partial charge on any atom is -0.445 e. The van der Waals surface area contributed by atoms with Crippen LogP contribution in [0.1, 0.15) is 53.7 Å². The van der Waals surface area contributed by atoms with Crippen LogP contribution in [0.15, 0.2) is 91.0 Å². The van der Waals surface area contributed by atoms with Crippen LogP contribution in [0.3, 0.4) is 0 Å². The Hall–Kier alpha value is -4.11. The fourth-order valence-electron chi connectivity index (χ4n) is 5.60. The Kier molecular flexibility index (Phi) is 9.59. The first-order valence-electron chi connectivity index (χ1n) is 14.5. The van der Waals surface area contributed by atoms with Gasteiger partial charge in [0.1, 0.15) is 12.3 Å². The number of carbonyl (C=O) groups excluding carboxylic acids is 2. The number of amides is 2. The number of sulfonamides is 1. The molecule has 1 fully saturated rings. The summed E-state index contributed by atoms with van der Waals surface area (Å²) < 4.78 is 35.9. The average Bonchev–Trinajstić information content (AvgIpc) is 3.39. The molecule has 3 aromatic carbocycles. The van der Waals surface area contributed by atoms with Gasteiger partial charge in [-0.1, -0.05) is 78.9 Å². The molecule has 0 saturated carbocycles. The van der Waals surface area contributed by atoms with Gasteiger partial charge in [0.15, 0.2) is 0 Å². The van der Waals surface area contributed by atoms with E-state index in [9.17, 15) is 18.0 Å². The maximum atomic E-state index is 13.3. The first-order valence-corrected chi connectivity index (χ1v) is 16.2. The van der Waals surface area contributed by atoms with Crippen molar-refractivity contribution in [3.8, 4) is 0 Å². The Bertz CT molecular complexity index is 1600. The summed E-state index contributed by atoms with van der Waals surface area (Å²) in [7, 11) is -3.94. The van der Waals surface area contributed by atoms with Crippen LogP contribution in [0.5, 0.6) is 0 Å². The molecule has 1 aliphatic rings. The number of piperidine rings is 1. The van der Waals surface area contributed by atoms with Gasteiger partial charge in [0.05, 0.1) is 5.75 Å². The molecule has 8 nitrogen and oxygen atoms in total. The largest absolute Gasteiger partial charge is 0.445 e. The predicted molar refractivity (Wildman–Crippen MR) is 164 cm³/mol. The highest BCUT2D eigenvalue weighted by molar-refractivity contribution is 7.90. The Morgan fingerprint density at radius 3 is 2.33 bits per heavy atom. The van der Waals surface area contributed by atoms with E-state index in [2.05, 4.69) is 16.9 Å². The highest BCUT2D eigenvalue weighted by Gasteiger charge is 2.30. The molecule has 1 unspecified atom stereocenters. The van der Waals surface area contributed by atoms with E-state index < -0.39 is 22.0 Å². The maximum Gasteiger partial charge on any atom is 0.410 e. The van der Waals surface area contributed by atoms with Crippen molar-refractivity contribution in [1.82, 2.24) is 14.2 Å². The first-order chi connectivity index (χ1) is 20.4. The standard InChI is InChI=1S/C33H37N3O5S/c37-32(31-24-28-17-7-8-19-30(28)36(31)22-11-16-26-12-3-1-4-13-26)34-42(39,40)23-20-29-18-9-10-21-35(29)33(38)41-25-27-14-5-2-6-15-27/h1-8,12-15,17,19,24,29H,9-11,16,18,20-23,25H2,(H,34,37). The van der Waals surface area contributed by atoms with Crippen molar-refractivity contribution >= 4 is 32.9 Å². The number of hydrogen-bond donors (Lipinski definition) is 1. The Balaban J connectivity index is 1.21. The number of nitrogens with zero attached hydrogens (tertiary/aromatic N) is 2. The van der Waals surface area contributed by atoms with Crippen LogP contribution in [-0.4, -0.2) is 48.2 Å². The van der Waals surface area contributed by atoms with E-state index in [1.54, 1.807) is 11.0 Å². The van der Waals surface area contributed by atoms with Gasteiger partial charge in [0.2, 0.25) is 10.0 Å². The van der Waals surface area contributed by atoms with E-state index in [4.69, 9.17) is 4.74 Å². The van der Waals surface area contributed by atoms with E-state index in [0.717, 1.165) is 42.1 Å². The molecule has 5 rings (SSSR count). The molecule has 0 radical (unpaired) electrons. The molecule has 2 amide bonds. The smallest absolute Gasteiger partial charge is 0.410 e. The zero-order valence-electron chi connectivity index (χ0n) is 23.7. The third kappa shape index (κ3) is 7.59. The highest BCUT2D eigenvalue weighted by atomic mass is 32.2. The van der Waals surface area contributed by atoms with Gasteiger partial charge < -0.3 is 14.2 Å². The van der Waals surface area contributed by atoms with Crippen molar-refractivity contribution in [2.75, 3.05) is 12.3 Å². The summed E-state index contributed by atoms with van der Waals surface area (Å²) >= 11 is 0. The van der Waals surface area contributed by atoms with Crippen LogP contribution in [-0.2, 0) is 34.3 Å². The fourth-order valence-corrected chi connectivity index (χ4v) is 6.68. The lowest BCUT2D eigenvalue weighted by Crippen LogP contribution is -2.45. The minimum absolute atomic E-state index is 0.163. The molecular formula is C33H37N3O5S. The first kappa shape index (κ1) is 29.4. The maximum absolute atomic E-state index is 13.3. The summed E-state index contributed by atoms with van der Waals surface area (Å²) in [5.74, 6) is -0.909. The van der Waals surface area contributed by atoms with Crippen LogP contribution in [0.25, 0.3) is 10.9 Å². The van der Waals surface area contributed by atoms with Crippen LogP contribution in [0.4, 0.5) is 4.79 Å². The van der Waals surface area contributed by atoms with Crippen molar-refractivity contribution in [2.24, 2.45) is 0 Å². The van der Waals surface area contributed by atoms with Crippen LogP contribution in [0, 0.1) is 0 Å². The fraction of sp³-hybridized carbons (Fsp3) is 0.333. The second kappa shape index (κ2) is 13.7. The number of aryl methyl sites for hydroxylation is 2. The molecule has 2 heterocycles. The lowest BCUT2D eigenvalue weighted by molar-refractivity contribution is 0.0672. The number of likely N-dealkylation sites (tertiary alicyclic amines) is 1. The number of aromatic nitrogens is 1. The molecule has 0 bridgehead atoms. The number of nitrogens with one attached hydrogen (secondary N) is 1. The van der Waals surface area contributed by atoms with Gasteiger partial charge >= 0.3 is 6.09 Å². The lowest BCUT2D eigenvalue weighted by atomic mass is 10.0. The summed E-state index contributed by atoms with van der Waals surface area (Å²) in [5, 5.41) is 0.881. The van der Waals surface area contributed by atoms with E-state index in [0.29, 0.717) is 25.2 Å². The molecule has 0 aliphatic carbocycles. The van der Waals surface area contributed by atoms with Gasteiger partial charge in [-0.25, -0.2) is 17.9 Å². The zero-order chi connectivity index (χ0) is 29.4. The molecule has 1 atom stereocenters. The second-order valence-corrected chi connectivity index (χ2v) is 12.6. The summed E-state index contributed by atoms with van der Waals surface area (Å²) in [4.78, 5) is 27.8. The average molecular weight is 588 g/mol. The molecule has 1 saturated heterocycles. The lowest BCUT2D eigenvalue weighted by Gasteiger charge is -2.34. The molecular weight excluding hydrogens is 550 g/mol. The minimum atomic E-state index is -3.94. The van der Waals surface area contributed by atoms with Gasteiger partial charge in [-0.3, -0.25) is 4.79 Å². The van der Waals surface area contributed by atoms with E-state index in [1.165, 1.54) is 5.56 Å². The normalized spacial score (nSPS) is 15.4. The quantitative estimate of drug-likeness (QED) is 0.235. The predicted octanol–water partition coefficient (Wildman–Crippen LogP) is 5.92. The molecule has 9 heteroatoms. The Labute approximate surface area is 247 Å². The number of carbonyl (C=O) groups is 2. The monoisotopic (exact) mass is 587 g/mol. The third-order valence-corrected chi connectivity index (χ3v) is 9.04. The number of hydrogen-bond acceptors (Lipinski definition) is 5. The third-order valence-electron chi connectivity index (χ3n) is 7.77. The van der Waals surface area contributed by atoms with Crippen LogP contribution >= 0.6 is 0 Å². The van der Waals surface area contributed by atoms with Crippen molar-refractivity contribution in [3.05, 3.63) is 108 Å². The number of para-hydroxylation sites is 1. The van der Waals surface area contributed by atoms with Crippen LogP contribution in [0.2, 0.25) is 0 Å². The SMILES string of the molecule is O=C(NS(=O)(=O)CCC1CCCCN1C(=O)OCc1ccccc1)c1cc2ccccc2n1CCCc1ccccc1. The molecule has 4 aromatic rings. The zero-order valence-corrected chi connectivity index (χ0v) is 24.5. The van der Waals surface area contributed by atoms with E-state index >= 15 is 0 Å². The topological polar surface area (TPSA) is 97.7 Å². The molecule has 1 aromatic heterocycles. The van der Waals surface area contributed by atoms with Crippen molar-refractivity contribution < 1.29 is 22.7 Å². The molecule has 1 aliphatic heterocycles. The number of benzene rings is 3. The van der Waals surface area contributed by atoms with Crippen molar-refractivity contribution in [3.63, 3.8) is 0 Å². The summed E-state index contributed by atoms with van der Waals surface area (Å²) in [6.45, 7) is 1.26. The number of fused-ring (bicyclic) bond motifs is 1. The van der Waals surface area contributed by atoms with Gasteiger partial charge in [0.25, 0.3) is 5.91 Å². The van der Waals surface area contributed by atoms with Gasteiger partial charge in [-0.2, -0.15) is 0 Å². The molecule has 42 heavy (non-hydrogen) atoms. The summed E-state index contributed by atoms with van der Waals surface area (Å²) in [5.41, 5.74) is 3.31. The number of ether oxygens (including phenoxy) is 1. The summed E-state index contributed by atoms with van der Waals surface area (Å²) in [6.07, 6.45) is 3.87. The van der Waals surface area contributed by atoms with Crippen LogP contribution < -0.4 is 4.72 Å². The van der Waals surface area contributed by atoms with E-state index in [1.807, 2.05) is 77.4 Å². The Morgan fingerprint density at radius 2 is 1.57 bits per heavy atom. The summed E-state index contributed by atoms with van der Waals surface area (Å²) in [6, 6.07) is 28.7. The molecule has 220 valence electrons. The van der Waals surface area contributed by atoms with E-state index in [-0.39, 0.29) is 24.8 Å². The Morgan fingerprint density at radius 1 is 0.881 bits per heavy atom. The highest BCUT2D eigenvalue weighted by Crippen LogP contribution is 2.23. The number of rotatable bonds is 11. The van der Waals surface area contributed by atoms with Gasteiger partial charge in [-0.15, -0.1) is 0 Å². The second-order valence-electron chi connectivity index (χ2n) is 10.8. The van der Waals surface area contributed by atoms with Gasteiger partial charge in [-0.05, 0) is 61.8 Å². The molecule has 0 spiro atoms. The van der Waals surface area contributed by atoms with Crippen molar-refractivity contribution in [2.45, 2.75) is 57.7 Å². The van der Waals surface area contributed by atoms with Crippen molar-refractivity contribution in [1.29, 1.82) is 0 Å². The molecule has 1 N–H and O–H groups in total.